The SMILES string of the molecule is C=CCN(CC=C)CC(CC(=O)OCC)Cc1ccccc1. The summed E-state index contributed by atoms with van der Waals surface area (Å²) < 4.78 is 5.11. The molecule has 120 valence electrons. The first-order valence-electron chi connectivity index (χ1n) is 7.83. The van der Waals surface area contributed by atoms with E-state index in [4.69, 9.17) is 4.74 Å². The van der Waals surface area contributed by atoms with Gasteiger partial charge in [0.1, 0.15) is 0 Å². The molecule has 0 fully saturated rings. The van der Waals surface area contributed by atoms with Gasteiger partial charge in [0.05, 0.1) is 6.61 Å². The molecule has 0 aliphatic carbocycles. The van der Waals surface area contributed by atoms with Gasteiger partial charge in [-0.25, -0.2) is 0 Å². The fourth-order valence-electron chi connectivity index (χ4n) is 2.56. The molecular formula is C19H27NO2. The Morgan fingerprint density at radius 3 is 2.41 bits per heavy atom. The van der Waals surface area contributed by atoms with Gasteiger partial charge in [0, 0.05) is 26.1 Å². The van der Waals surface area contributed by atoms with E-state index >= 15 is 0 Å². The number of ether oxygens (including phenoxy) is 1. The van der Waals surface area contributed by atoms with Crippen LogP contribution in [0.25, 0.3) is 0 Å². The lowest BCUT2D eigenvalue weighted by molar-refractivity contribution is -0.144. The second-order valence-corrected chi connectivity index (χ2v) is 5.36. The summed E-state index contributed by atoms with van der Waals surface area (Å²) in [6.07, 6.45) is 5.07. The van der Waals surface area contributed by atoms with E-state index in [2.05, 4.69) is 30.2 Å². The molecule has 1 rings (SSSR count). The smallest absolute Gasteiger partial charge is 0.306 e. The molecule has 0 saturated heterocycles. The molecule has 0 saturated carbocycles. The fraction of sp³-hybridized carbons (Fsp3) is 0.421. The second kappa shape index (κ2) is 10.8. The van der Waals surface area contributed by atoms with Crippen LogP contribution in [-0.2, 0) is 16.0 Å². The van der Waals surface area contributed by atoms with E-state index in [1.807, 2.05) is 37.3 Å². The predicted molar refractivity (Wildman–Crippen MR) is 91.7 cm³/mol. The molecule has 1 unspecified atom stereocenters. The molecule has 0 radical (unpaired) electrons. The zero-order valence-corrected chi connectivity index (χ0v) is 13.5. The third-order valence-electron chi connectivity index (χ3n) is 3.42. The summed E-state index contributed by atoms with van der Waals surface area (Å²) in [4.78, 5) is 14.1. The van der Waals surface area contributed by atoms with E-state index in [1.54, 1.807) is 0 Å². The Hall–Kier alpha value is -1.87. The average Bonchev–Trinajstić information content (AvgIpc) is 2.49. The molecule has 3 nitrogen and oxygen atoms in total. The first-order valence-corrected chi connectivity index (χ1v) is 7.83. The van der Waals surface area contributed by atoms with Crippen LogP contribution in [0, 0.1) is 5.92 Å². The lowest BCUT2D eigenvalue weighted by Crippen LogP contribution is -2.32. The lowest BCUT2D eigenvalue weighted by Gasteiger charge is -2.25. The number of esters is 1. The van der Waals surface area contributed by atoms with E-state index in [1.165, 1.54) is 5.56 Å². The topological polar surface area (TPSA) is 29.5 Å². The zero-order valence-electron chi connectivity index (χ0n) is 13.5. The van der Waals surface area contributed by atoms with Gasteiger partial charge in [-0.2, -0.15) is 0 Å². The highest BCUT2D eigenvalue weighted by Crippen LogP contribution is 2.15. The van der Waals surface area contributed by atoms with Crippen molar-refractivity contribution in [3.63, 3.8) is 0 Å². The summed E-state index contributed by atoms with van der Waals surface area (Å²) in [5, 5.41) is 0. The molecule has 0 heterocycles. The van der Waals surface area contributed by atoms with Crippen LogP contribution < -0.4 is 0 Å². The van der Waals surface area contributed by atoms with Crippen molar-refractivity contribution in [3.8, 4) is 0 Å². The first-order chi connectivity index (χ1) is 10.7. The first kappa shape index (κ1) is 18.2. The van der Waals surface area contributed by atoms with Crippen molar-refractivity contribution in [1.29, 1.82) is 0 Å². The van der Waals surface area contributed by atoms with Gasteiger partial charge in [-0.1, -0.05) is 42.5 Å². The summed E-state index contributed by atoms with van der Waals surface area (Å²) in [5.41, 5.74) is 1.24. The van der Waals surface area contributed by atoms with E-state index in [0.29, 0.717) is 13.0 Å². The van der Waals surface area contributed by atoms with E-state index in [0.717, 1.165) is 26.1 Å². The number of hydrogen-bond acceptors (Lipinski definition) is 3. The third-order valence-corrected chi connectivity index (χ3v) is 3.42. The van der Waals surface area contributed by atoms with Gasteiger partial charge >= 0.3 is 5.97 Å². The lowest BCUT2D eigenvalue weighted by atomic mass is 9.95. The van der Waals surface area contributed by atoms with Crippen LogP contribution in [-0.4, -0.2) is 37.1 Å². The van der Waals surface area contributed by atoms with Crippen LogP contribution >= 0.6 is 0 Å². The molecule has 0 aliphatic heterocycles. The minimum absolute atomic E-state index is 0.124. The predicted octanol–water partition coefficient (Wildman–Crippen LogP) is 3.47. The quantitative estimate of drug-likeness (QED) is 0.463. The summed E-state index contributed by atoms with van der Waals surface area (Å²) >= 11 is 0. The normalized spacial score (nSPS) is 11.9. The van der Waals surface area contributed by atoms with Gasteiger partial charge in [-0.3, -0.25) is 9.69 Å². The molecule has 1 atom stereocenters. The van der Waals surface area contributed by atoms with Crippen molar-refractivity contribution in [2.24, 2.45) is 5.92 Å². The van der Waals surface area contributed by atoms with Gasteiger partial charge in [0.25, 0.3) is 0 Å². The summed E-state index contributed by atoms with van der Waals surface area (Å²) in [7, 11) is 0. The molecule has 0 aromatic heterocycles. The van der Waals surface area contributed by atoms with Crippen LogP contribution in [0.2, 0.25) is 0 Å². The summed E-state index contributed by atoms with van der Waals surface area (Å²) in [5.74, 6) is 0.0990. The van der Waals surface area contributed by atoms with E-state index in [-0.39, 0.29) is 11.9 Å². The average molecular weight is 301 g/mol. The molecule has 0 aliphatic rings. The minimum atomic E-state index is -0.124. The number of nitrogens with zero attached hydrogens (tertiary/aromatic N) is 1. The largest absolute Gasteiger partial charge is 0.466 e. The van der Waals surface area contributed by atoms with Crippen molar-refractivity contribution in [2.75, 3.05) is 26.2 Å². The Labute approximate surface area is 134 Å². The molecular weight excluding hydrogens is 274 g/mol. The fourth-order valence-corrected chi connectivity index (χ4v) is 2.56. The third kappa shape index (κ3) is 7.23. The van der Waals surface area contributed by atoms with Gasteiger partial charge in [-0.05, 0) is 24.8 Å². The molecule has 0 amide bonds. The highest BCUT2D eigenvalue weighted by atomic mass is 16.5. The summed E-state index contributed by atoms with van der Waals surface area (Å²) in [6.45, 7) is 12.3. The Kier molecular flexibility index (Phi) is 8.92. The van der Waals surface area contributed by atoms with Crippen LogP contribution in [0.1, 0.15) is 18.9 Å². The minimum Gasteiger partial charge on any atom is -0.466 e. The van der Waals surface area contributed by atoms with Crippen molar-refractivity contribution in [3.05, 3.63) is 61.2 Å². The molecule has 0 spiro atoms. The van der Waals surface area contributed by atoms with E-state index < -0.39 is 0 Å². The Morgan fingerprint density at radius 2 is 1.86 bits per heavy atom. The molecule has 3 heteroatoms. The molecule has 0 bridgehead atoms. The maximum Gasteiger partial charge on any atom is 0.306 e. The van der Waals surface area contributed by atoms with Gasteiger partial charge in [0.15, 0.2) is 0 Å². The van der Waals surface area contributed by atoms with Crippen LogP contribution in [0.3, 0.4) is 0 Å². The van der Waals surface area contributed by atoms with Crippen molar-refractivity contribution >= 4 is 5.97 Å². The van der Waals surface area contributed by atoms with Crippen LogP contribution in [0.4, 0.5) is 0 Å². The highest BCUT2D eigenvalue weighted by Gasteiger charge is 2.18. The number of benzene rings is 1. The van der Waals surface area contributed by atoms with Crippen LogP contribution in [0.15, 0.2) is 55.6 Å². The Bertz CT molecular complexity index is 446. The van der Waals surface area contributed by atoms with Crippen LogP contribution in [0.5, 0.6) is 0 Å². The number of carbonyl (C=O) groups excluding carboxylic acids is 1. The Balaban J connectivity index is 2.73. The van der Waals surface area contributed by atoms with Gasteiger partial charge in [0.2, 0.25) is 0 Å². The standard InChI is InChI=1S/C19H27NO2/c1-4-12-20(13-5-2)16-18(15-19(21)22-6-3)14-17-10-8-7-9-11-17/h4-5,7-11,18H,1-2,6,12-16H2,3H3. The zero-order chi connectivity index (χ0) is 16.2. The highest BCUT2D eigenvalue weighted by molar-refractivity contribution is 5.69. The van der Waals surface area contributed by atoms with Gasteiger partial charge < -0.3 is 4.74 Å². The van der Waals surface area contributed by atoms with Crippen molar-refractivity contribution < 1.29 is 9.53 Å². The monoisotopic (exact) mass is 301 g/mol. The molecule has 1 aromatic rings. The summed E-state index contributed by atoms with van der Waals surface area (Å²) in [6, 6.07) is 10.3. The maximum absolute atomic E-state index is 11.9. The van der Waals surface area contributed by atoms with Crippen molar-refractivity contribution in [1.82, 2.24) is 4.90 Å². The number of hydrogen-bond donors (Lipinski definition) is 0. The molecule has 22 heavy (non-hydrogen) atoms. The molecule has 0 N–H and O–H groups in total. The number of carbonyl (C=O) groups is 1. The number of rotatable bonds is 11. The van der Waals surface area contributed by atoms with Gasteiger partial charge in [-0.15, -0.1) is 13.2 Å². The molecule has 1 aromatic carbocycles. The maximum atomic E-state index is 11.9. The van der Waals surface area contributed by atoms with E-state index in [9.17, 15) is 4.79 Å². The van der Waals surface area contributed by atoms with Crippen molar-refractivity contribution in [2.45, 2.75) is 19.8 Å². The Morgan fingerprint density at radius 1 is 1.23 bits per heavy atom. The second-order valence-electron chi connectivity index (χ2n) is 5.36.